The number of phenolic OH excluding ortho intramolecular Hbond substituents is 1. The summed E-state index contributed by atoms with van der Waals surface area (Å²) in [6.45, 7) is 6.78. The fraction of sp³-hybridized carbons (Fsp3) is 0.684. The zero-order valence-electron chi connectivity index (χ0n) is 13.9. The first-order valence-electron chi connectivity index (χ1n) is 8.97. The third-order valence-corrected chi connectivity index (χ3v) is 7.52. The number of ether oxygens (including phenoxy) is 1. The van der Waals surface area contributed by atoms with E-state index in [0.29, 0.717) is 11.8 Å². The first kappa shape index (κ1) is 14.1. The van der Waals surface area contributed by atoms with Gasteiger partial charge in [0.15, 0.2) is 11.5 Å². The normalized spacial score (nSPS) is 43.9. The summed E-state index contributed by atoms with van der Waals surface area (Å²) < 4.78 is 6.24. The summed E-state index contributed by atoms with van der Waals surface area (Å²) in [5, 5.41) is 21.1. The summed E-state index contributed by atoms with van der Waals surface area (Å²) >= 11 is 0. The van der Waals surface area contributed by atoms with Crippen molar-refractivity contribution in [3.63, 3.8) is 0 Å². The molecule has 2 N–H and O–H groups in total. The van der Waals surface area contributed by atoms with E-state index in [1.165, 1.54) is 11.1 Å². The number of hydrogen-bond donors (Lipinski definition) is 2. The Morgan fingerprint density at radius 2 is 2.17 bits per heavy atom. The molecular weight excluding hydrogens is 290 g/mol. The van der Waals surface area contributed by atoms with E-state index >= 15 is 0 Å². The predicted molar refractivity (Wildman–Crippen MR) is 86.9 cm³/mol. The fourth-order valence-corrected chi connectivity index (χ4v) is 6.44. The van der Waals surface area contributed by atoms with Crippen LogP contribution < -0.4 is 4.74 Å². The van der Waals surface area contributed by atoms with Gasteiger partial charge >= 0.3 is 0 Å². The van der Waals surface area contributed by atoms with Crippen molar-refractivity contribution in [3.8, 4) is 11.5 Å². The van der Waals surface area contributed by atoms with Gasteiger partial charge in [0.05, 0.1) is 6.10 Å². The maximum absolute atomic E-state index is 10.7. The second kappa shape index (κ2) is 4.22. The van der Waals surface area contributed by atoms with Gasteiger partial charge in [0.1, 0.15) is 6.10 Å². The Balaban J connectivity index is 1.82. The van der Waals surface area contributed by atoms with Crippen molar-refractivity contribution in [2.75, 3.05) is 13.1 Å². The lowest BCUT2D eigenvalue weighted by atomic mass is 9.44. The summed E-state index contributed by atoms with van der Waals surface area (Å²) in [5.41, 5.74) is 2.51. The van der Waals surface area contributed by atoms with Gasteiger partial charge < -0.3 is 14.9 Å². The molecule has 0 radical (unpaired) electrons. The van der Waals surface area contributed by atoms with Crippen molar-refractivity contribution < 1.29 is 14.9 Å². The maximum Gasteiger partial charge on any atom is 0.165 e. The zero-order chi connectivity index (χ0) is 16.0. The molecule has 1 saturated heterocycles. The average Bonchev–Trinajstić information content (AvgIpc) is 2.89. The van der Waals surface area contributed by atoms with Crippen molar-refractivity contribution in [2.45, 2.75) is 63.2 Å². The molecule has 0 amide bonds. The van der Waals surface area contributed by atoms with Crippen LogP contribution in [0.25, 0.3) is 0 Å². The number of hydrogen-bond acceptors (Lipinski definition) is 4. The molecule has 5 atom stereocenters. The van der Waals surface area contributed by atoms with Gasteiger partial charge in [-0.1, -0.05) is 19.9 Å². The lowest BCUT2D eigenvalue weighted by Crippen LogP contribution is -2.72. The molecule has 1 aromatic carbocycles. The molecule has 0 aromatic heterocycles. The molecule has 4 nitrogen and oxygen atoms in total. The number of aliphatic hydroxyl groups excluding tert-OH is 1. The lowest BCUT2D eigenvalue weighted by molar-refractivity contribution is -0.151. The maximum atomic E-state index is 10.7. The Hall–Kier alpha value is -1.26. The Morgan fingerprint density at radius 1 is 1.35 bits per heavy atom. The zero-order valence-corrected chi connectivity index (χ0v) is 13.9. The minimum Gasteiger partial charge on any atom is -0.504 e. The second-order valence-electron chi connectivity index (χ2n) is 8.08. The van der Waals surface area contributed by atoms with Crippen LogP contribution in [0.1, 0.15) is 44.2 Å². The van der Waals surface area contributed by atoms with Crippen molar-refractivity contribution in [2.24, 2.45) is 5.41 Å². The van der Waals surface area contributed by atoms with Crippen LogP contribution in [0.5, 0.6) is 11.5 Å². The quantitative estimate of drug-likeness (QED) is 0.834. The van der Waals surface area contributed by atoms with E-state index in [1.807, 2.05) is 0 Å². The van der Waals surface area contributed by atoms with Gasteiger partial charge in [-0.2, -0.15) is 0 Å². The fourth-order valence-electron chi connectivity index (χ4n) is 6.44. The lowest BCUT2D eigenvalue weighted by Gasteiger charge is -2.65. The van der Waals surface area contributed by atoms with E-state index in [4.69, 9.17) is 4.74 Å². The van der Waals surface area contributed by atoms with Gasteiger partial charge in [-0.05, 0) is 55.8 Å². The molecule has 2 heterocycles. The van der Waals surface area contributed by atoms with Crippen LogP contribution in [-0.2, 0) is 11.8 Å². The van der Waals surface area contributed by atoms with Gasteiger partial charge in [-0.25, -0.2) is 0 Å². The molecule has 2 fully saturated rings. The topological polar surface area (TPSA) is 52.9 Å². The van der Waals surface area contributed by atoms with Crippen LogP contribution in [0.3, 0.4) is 0 Å². The van der Waals surface area contributed by atoms with Crippen LogP contribution in [-0.4, -0.2) is 46.5 Å². The minimum absolute atomic E-state index is 0.108. The summed E-state index contributed by atoms with van der Waals surface area (Å²) in [6, 6.07) is 4.35. The number of nitrogens with zero attached hydrogens (tertiary/aromatic N) is 1. The average molecular weight is 315 g/mol. The summed E-state index contributed by atoms with van der Waals surface area (Å²) in [5.74, 6) is 0.890. The smallest absolute Gasteiger partial charge is 0.165 e. The Morgan fingerprint density at radius 3 is 2.96 bits per heavy atom. The Labute approximate surface area is 137 Å². The third-order valence-electron chi connectivity index (χ3n) is 7.52. The van der Waals surface area contributed by atoms with Gasteiger partial charge in [-0.15, -0.1) is 0 Å². The molecule has 4 heteroatoms. The summed E-state index contributed by atoms with van der Waals surface area (Å²) in [6.07, 6.45) is 3.23. The molecule has 2 aliphatic carbocycles. The number of benzene rings is 1. The van der Waals surface area contributed by atoms with Gasteiger partial charge in [0, 0.05) is 17.0 Å². The molecule has 1 spiro atoms. The number of phenols is 1. The molecule has 2 bridgehead atoms. The van der Waals surface area contributed by atoms with Crippen molar-refractivity contribution in [1.82, 2.24) is 4.90 Å². The monoisotopic (exact) mass is 315 g/mol. The number of piperidine rings is 1. The summed E-state index contributed by atoms with van der Waals surface area (Å²) in [7, 11) is 0. The largest absolute Gasteiger partial charge is 0.504 e. The number of aromatic hydroxyl groups is 1. The van der Waals surface area contributed by atoms with Crippen LogP contribution in [0.2, 0.25) is 0 Å². The third kappa shape index (κ3) is 1.38. The number of likely N-dealkylation sites (tertiary alicyclic amines) is 1. The van der Waals surface area contributed by atoms with E-state index in [2.05, 4.69) is 24.8 Å². The highest BCUT2D eigenvalue weighted by Gasteiger charge is 2.70. The minimum atomic E-state index is -0.436. The standard InChI is InChI=1S/C19H25NO3/c1-3-20-9-8-19-15-11-4-5-12(21)16(15)23-17(19)13(22)6-7-18(19,2)14(20)10-11/h4-5,13-14,17,21-22H,3,6-10H2,1-2H3/t13?,14-,17+,18+,19+/m1/s1. The van der Waals surface area contributed by atoms with Crippen LogP contribution in [0, 0.1) is 5.41 Å². The Kier molecular flexibility index (Phi) is 2.59. The first-order valence-corrected chi connectivity index (χ1v) is 8.97. The SMILES string of the molecule is CCN1CC[C@]23c4c5ccc(O)c4O[C@H]2C(O)CC[C@@]3(C)[C@H]1C5. The van der Waals surface area contributed by atoms with Crippen molar-refractivity contribution in [1.29, 1.82) is 0 Å². The van der Waals surface area contributed by atoms with E-state index in [0.717, 1.165) is 38.8 Å². The first-order chi connectivity index (χ1) is 11.0. The highest BCUT2D eigenvalue weighted by molar-refractivity contribution is 5.61. The predicted octanol–water partition coefficient (Wildman–Crippen LogP) is 2.20. The van der Waals surface area contributed by atoms with E-state index in [9.17, 15) is 10.2 Å². The van der Waals surface area contributed by atoms with Crippen molar-refractivity contribution in [3.05, 3.63) is 23.3 Å². The van der Waals surface area contributed by atoms with Crippen LogP contribution in [0.4, 0.5) is 0 Å². The second-order valence-corrected chi connectivity index (χ2v) is 8.08. The van der Waals surface area contributed by atoms with E-state index < -0.39 is 6.10 Å². The number of likely N-dealkylation sites (N-methyl/N-ethyl adjacent to an activating group) is 1. The molecular formula is C19H25NO3. The van der Waals surface area contributed by atoms with Crippen LogP contribution >= 0.6 is 0 Å². The van der Waals surface area contributed by atoms with Gasteiger partial charge in [0.2, 0.25) is 0 Å². The van der Waals surface area contributed by atoms with E-state index in [1.54, 1.807) is 6.07 Å². The molecule has 5 rings (SSSR count). The highest BCUT2D eigenvalue weighted by atomic mass is 16.5. The van der Waals surface area contributed by atoms with Crippen LogP contribution in [0.15, 0.2) is 12.1 Å². The van der Waals surface area contributed by atoms with E-state index in [-0.39, 0.29) is 22.7 Å². The molecule has 23 heavy (non-hydrogen) atoms. The molecule has 4 aliphatic rings. The van der Waals surface area contributed by atoms with Gasteiger partial charge in [0.25, 0.3) is 0 Å². The molecule has 1 unspecified atom stereocenters. The molecule has 124 valence electrons. The number of aliphatic hydroxyl groups is 1. The number of rotatable bonds is 1. The van der Waals surface area contributed by atoms with Gasteiger partial charge in [-0.3, -0.25) is 4.90 Å². The highest BCUT2D eigenvalue weighted by Crippen LogP contribution is 2.68. The summed E-state index contributed by atoms with van der Waals surface area (Å²) in [4.78, 5) is 2.62. The molecule has 2 aliphatic heterocycles. The molecule has 1 aromatic rings. The van der Waals surface area contributed by atoms with Crippen molar-refractivity contribution >= 4 is 0 Å². The molecule has 1 saturated carbocycles. The Bertz CT molecular complexity index is 689.